The van der Waals surface area contributed by atoms with Gasteiger partial charge in [-0.3, -0.25) is 0 Å². The highest BCUT2D eigenvalue weighted by Gasteiger charge is 2.26. The molecule has 0 amide bonds. The maximum Gasteiger partial charge on any atom is 0.298 e. The Labute approximate surface area is 130 Å². The third-order valence-corrected chi connectivity index (χ3v) is 4.49. The number of rotatable bonds is 4. The molecule has 3 nitrogen and oxygen atoms in total. The highest BCUT2D eigenvalue weighted by molar-refractivity contribution is 5.74. The van der Waals surface area contributed by atoms with Gasteiger partial charge in [0.25, 0.3) is 6.01 Å². The van der Waals surface area contributed by atoms with Crippen molar-refractivity contribution in [3.63, 3.8) is 0 Å². The van der Waals surface area contributed by atoms with Crippen LogP contribution in [0.3, 0.4) is 0 Å². The Morgan fingerprint density at radius 3 is 2.45 bits per heavy atom. The molecule has 0 bridgehead atoms. The van der Waals surface area contributed by atoms with Crippen LogP contribution < -0.4 is 4.90 Å². The summed E-state index contributed by atoms with van der Waals surface area (Å²) in [6.07, 6.45) is 5.06. The maximum atomic E-state index is 6.03. The van der Waals surface area contributed by atoms with E-state index in [1.165, 1.54) is 31.2 Å². The molecule has 22 heavy (non-hydrogen) atoms. The zero-order chi connectivity index (χ0) is 14.8. The first-order valence-electron chi connectivity index (χ1n) is 8.06. The predicted molar refractivity (Wildman–Crippen MR) is 88.9 cm³/mol. The van der Waals surface area contributed by atoms with Crippen LogP contribution in [-0.2, 0) is 6.54 Å². The molecule has 0 aliphatic heterocycles. The number of para-hydroxylation sites is 2. The second-order valence-corrected chi connectivity index (χ2v) is 6.02. The lowest BCUT2D eigenvalue weighted by Crippen LogP contribution is -2.32. The van der Waals surface area contributed by atoms with Crippen molar-refractivity contribution in [2.75, 3.05) is 4.90 Å². The Morgan fingerprint density at radius 2 is 1.68 bits per heavy atom. The number of hydrogen-bond acceptors (Lipinski definition) is 3. The van der Waals surface area contributed by atoms with Crippen LogP contribution in [0.4, 0.5) is 6.01 Å². The minimum absolute atomic E-state index is 0.535. The van der Waals surface area contributed by atoms with E-state index >= 15 is 0 Å². The van der Waals surface area contributed by atoms with Gasteiger partial charge in [-0.25, -0.2) is 0 Å². The van der Waals surface area contributed by atoms with Gasteiger partial charge in [-0.15, -0.1) is 0 Å². The molecule has 0 radical (unpaired) electrons. The molecule has 0 spiro atoms. The maximum absolute atomic E-state index is 6.03. The van der Waals surface area contributed by atoms with Crippen LogP contribution in [0.2, 0.25) is 0 Å². The molecule has 1 saturated carbocycles. The van der Waals surface area contributed by atoms with E-state index in [9.17, 15) is 0 Å². The molecule has 0 N–H and O–H groups in total. The summed E-state index contributed by atoms with van der Waals surface area (Å²) >= 11 is 0. The summed E-state index contributed by atoms with van der Waals surface area (Å²) in [6, 6.07) is 19.9. The Balaban J connectivity index is 1.69. The zero-order valence-corrected chi connectivity index (χ0v) is 12.6. The lowest BCUT2D eigenvalue weighted by atomic mass is 10.1. The van der Waals surface area contributed by atoms with E-state index in [1.807, 2.05) is 24.3 Å². The van der Waals surface area contributed by atoms with E-state index in [4.69, 9.17) is 9.40 Å². The normalized spacial score (nSPS) is 15.5. The van der Waals surface area contributed by atoms with E-state index in [0.717, 1.165) is 23.7 Å². The highest BCUT2D eigenvalue weighted by Crippen LogP contribution is 2.31. The highest BCUT2D eigenvalue weighted by atomic mass is 16.4. The molecule has 1 aliphatic rings. The monoisotopic (exact) mass is 292 g/mol. The van der Waals surface area contributed by atoms with Crippen molar-refractivity contribution in [3.8, 4) is 0 Å². The molecule has 0 atom stereocenters. The number of oxazole rings is 1. The third kappa shape index (κ3) is 2.59. The molecule has 112 valence electrons. The largest absolute Gasteiger partial charge is 0.423 e. The first-order valence-corrected chi connectivity index (χ1v) is 8.06. The van der Waals surface area contributed by atoms with Crippen molar-refractivity contribution in [1.82, 2.24) is 4.98 Å². The van der Waals surface area contributed by atoms with Crippen molar-refractivity contribution < 1.29 is 4.42 Å². The van der Waals surface area contributed by atoms with Gasteiger partial charge < -0.3 is 9.32 Å². The molecule has 4 rings (SSSR count). The first-order chi connectivity index (χ1) is 10.9. The van der Waals surface area contributed by atoms with Crippen LogP contribution in [0.1, 0.15) is 31.2 Å². The third-order valence-electron chi connectivity index (χ3n) is 4.49. The van der Waals surface area contributed by atoms with Gasteiger partial charge >= 0.3 is 0 Å². The molecule has 1 aromatic heterocycles. The quantitative estimate of drug-likeness (QED) is 0.693. The minimum atomic E-state index is 0.535. The van der Waals surface area contributed by atoms with Crippen LogP contribution in [0.25, 0.3) is 11.1 Å². The summed E-state index contributed by atoms with van der Waals surface area (Å²) in [5.74, 6) is 0. The molecule has 3 aromatic rings. The smallest absolute Gasteiger partial charge is 0.298 e. The molecule has 1 heterocycles. The van der Waals surface area contributed by atoms with Crippen molar-refractivity contribution in [3.05, 3.63) is 60.2 Å². The van der Waals surface area contributed by atoms with Crippen LogP contribution in [0.5, 0.6) is 0 Å². The molecular formula is C19H20N2O. The standard InChI is InChI=1S/C19H20N2O/c1-2-8-15(9-3-1)14-21(16-10-4-5-11-16)19-20-17-12-6-7-13-18(17)22-19/h1-3,6-9,12-13,16H,4-5,10-11,14H2. The summed E-state index contributed by atoms with van der Waals surface area (Å²) in [6.45, 7) is 0.859. The van der Waals surface area contributed by atoms with Crippen LogP contribution in [0, 0.1) is 0 Å². The molecule has 1 aliphatic carbocycles. The van der Waals surface area contributed by atoms with Gasteiger partial charge in [0.1, 0.15) is 5.52 Å². The molecule has 0 saturated heterocycles. The van der Waals surface area contributed by atoms with E-state index in [2.05, 4.69) is 35.2 Å². The topological polar surface area (TPSA) is 29.3 Å². The van der Waals surface area contributed by atoms with Gasteiger partial charge in [0.05, 0.1) is 0 Å². The Hall–Kier alpha value is -2.29. The number of nitrogens with zero attached hydrogens (tertiary/aromatic N) is 2. The van der Waals surface area contributed by atoms with Crippen LogP contribution >= 0.6 is 0 Å². The summed E-state index contributed by atoms with van der Waals surface area (Å²) in [5.41, 5.74) is 3.11. The molecule has 3 heteroatoms. The fraction of sp³-hybridized carbons (Fsp3) is 0.316. The van der Waals surface area contributed by atoms with Crippen molar-refractivity contribution in [2.24, 2.45) is 0 Å². The molecule has 0 unspecified atom stereocenters. The molecule has 2 aromatic carbocycles. The SMILES string of the molecule is c1ccc(CN(c2nc3ccccc3o2)C2CCCC2)cc1. The summed E-state index contributed by atoms with van der Waals surface area (Å²) in [7, 11) is 0. The van der Waals surface area contributed by atoms with Crippen molar-refractivity contribution in [2.45, 2.75) is 38.3 Å². The van der Waals surface area contributed by atoms with E-state index < -0.39 is 0 Å². The fourth-order valence-electron chi connectivity index (χ4n) is 3.33. The lowest BCUT2D eigenvalue weighted by molar-refractivity contribution is 0.509. The van der Waals surface area contributed by atoms with Gasteiger partial charge in [-0.1, -0.05) is 55.3 Å². The van der Waals surface area contributed by atoms with E-state index in [1.54, 1.807) is 0 Å². The summed E-state index contributed by atoms with van der Waals surface area (Å²) < 4.78 is 6.03. The first kappa shape index (κ1) is 13.4. The molecular weight excluding hydrogens is 272 g/mol. The Kier molecular flexibility index (Phi) is 3.55. The van der Waals surface area contributed by atoms with Crippen LogP contribution in [-0.4, -0.2) is 11.0 Å². The van der Waals surface area contributed by atoms with Gasteiger partial charge in [0, 0.05) is 12.6 Å². The summed E-state index contributed by atoms with van der Waals surface area (Å²) in [5, 5.41) is 0. The number of aromatic nitrogens is 1. The van der Waals surface area contributed by atoms with Gasteiger partial charge in [-0.05, 0) is 30.5 Å². The van der Waals surface area contributed by atoms with Gasteiger partial charge in [0.2, 0.25) is 0 Å². The average molecular weight is 292 g/mol. The van der Waals surface area contributed by atoms with Crippen LogP contribution in [0.15, 0.2) is 59.0 Å². The van der Waals surface area contributed by atoms with Gasteiger partial charge in [-0.2, -0.15) is 4.98 Å². The number of benzene rings is 2. The predicted octanol–water partition coefficient (Wildman–Crippen LogP) is 4.78. The van der Waals surface area contributed by atoms with Gasteiger partial charge in [0.15, 0.2) is 5.58 Å². The second kappa shape index (κ2) is 5.84. The fourth-order valence-corrected chi connectivity index (χ4v) is 3.33. The molecule has 1 fully saturated rings. The number of fused-ring (bicyclic) bond motifs is 1. The Bertz CT molecular complexity index is 711. The van der Waals surface area contributed by atoms with E-state index in [-0.39, 0.29) is 0 Å². The lowest BCUT2D eigenvalue weighted by Gasteiger charge is -2.27. The van der Waals surface area contributed by atoms with Crippen molar-refractivity contribution >= 4 is 17.1 Å². The average Bonchev–Trinajstić information content (AvgIpc) is 3.23. The number of anilines is 1. The Morgan fingerprint density at radius 1 is 0.955 bits per heavy atom. The zero-order valence-electron chi connectivity index (χ0n) is 12.6. The van der Waals surface area contributed by atoms with Crippen molar-refractivity contribution in [1.29, 1.82) is 0 Å². The minimum Gasteiger partial charge on any atom is -0.423 e. The number of hydrogen-bond donors (Lipinski definition) is 0. The van der Waals surface area contributed by atoms with E-state index in [0.29, 0.717) is 6.04 Å². The second-order valence-electron chi connectivity index (χ2n) is 6.02. The summed E-state index contributed by atoms with van der Waals surface area (Å²) in [4.78, 5) is 7.06.